The van der Waals surface area contributed by atoms with Gasteiger partial charge in [-0.25, -0.2) is 9.18 Å². The molecule has 0 spiro atoms. The van der Waals surface area contributed by atoms with Crippen molar-refractivity contribution in [2.75, 3.05) is 26.0 Å². The van der Waals surface area contributed by atoms with E-state index in [0.717, 1.165) is 17.6 Å². The summed E-state index contributed by atoms with van der Waals surface area (Å²) in [6.07, 6.45) is 0. The number of benzene rings is 1. The summed E-state index contributed by atoms with van der Waals surface area (Å²) >= 11 is 3.41. The number of halogens is 1. The van der Waals surface area contributed by atoms with Crippen LogP contribution in [0.4, 0.5) is 4.39 Å². The summed E-state index contributed by atoms with van der Waals surface area (Å²) in [5, 5.41) is 4.70. The Labute approximate surface area is 153 Å². The quantitative estimate of drug-likeness (QED) is 0.532. The zero-order valence-electron chi connectivity index (χ0n) is 13.6. The molecule has 0 atom stereocenters. The van der Waals surface area contributed by atoms with Gasteiger partial charge in [0.05, 0.1) is 12.7 Å². The number of ether oxygens (including phenoxy) is 2. The van der Waals surface area contributed by atoms with Crippen LogP contribution in [0.3, 0.4) is 0 Å². The highest BCUT2D eigenvalue weighted by molar-refractivity contribution is 7.98. The largest absolute Gasteiger partial charge is 0.494 e. The summed E-state index contributed by atoms with van der Waals surface area (Å²) in [5.74, 6) is -0.103. The summed E-state index contributed by atoms with van der Waals surface area (Å²) in [6, 6.07) is 7.80. The molecule has 1 amide bonds. The molecule has 0 unspecified atom stereocenters. The molecule has 0 saturated heterocycles. The van der Waals surface area contributed by atoms with Gasteiger partial charge in [0.2, 0.25) is 0 Å². The summed E-state index contributed by atoms with van der Waals surface area (Å²) in [4.78, 5) is 24.7. The fraction of sp³-hybridized carbons (Fsp3) is 0.294. The molecule has 0 fully saturated rings. The molecule has 0 bridgehead atoms. The highest BCUT2D eigenvalue weighted by Gasteiger charge is 2.13. The van der Waals surface area contributed by atoms with E-state index in [0.29, 0.717) is 6.54 Å². The van der Waals surface area contributed by atoms with Gasteiger partial charge in [-0.2, -0.15) is 11.8 Å². The second-order valence-corrected chi connectivity index (χ2v) is 7.04. The number of carbonyl (C=O) groups excluding carboxylic acids is 2. The van der Waals surface area contributed by atoms with E-state index in [-0.39, 0.29) is 17.2 Å². The zero-order chi connectivity index (χ0) is 18.1. The van der Waals surface area contributed by atoms with Crippen molar-refractivity contribution < 1.29 is 23.5 Å². The second-order valence-electron chi connectivity index (χ2n) is 4.91. The molecule has 2 aromatic rings. The molecule has 5 nitrogen and oxygen atoms in total. The van der Waals surface area contributed by atoms with Crippen molar-refractivity contribution in [1.82, 2.24) is 5.32 Å². The Kier molecular flexibility index (Phi) is 7.75. The van der Waals surface area contributed by atoms with Crippen LogP contribution in [0.5, 0.6) is 5.75 Å². The predicted octanol–water partition coefficient (Wildman–Crippen LogP) is 3.10. The molecular weight excluding hydrogens is 365 g/mol. The van der Waals surface area contributed by atoms with Gasteiger partial charge in [0.25, 0.3) is 5.91 Å². The number of hydrogen-bond acceptors (Lipinski definition) is 6. The van der Waals surface area contributed by atoms with Crippen molar-refractivity contribution >= 4 is 35.0 Å². The number of esters is 1. The van der Waals surface area contributed by atoms with Crippen LogP contribution in [0, 0.1) is 5.82 Å². The number of rotatable bonds is 9. The van der Waals surface area contributed by atoms with E-state index in [2.05, 4.69) is 11.4 Å². The third-order valence-corrected chi connectivity index (χ3v) is 5.18. The molecule has 0 aliphatic carbocycles. The molecule has 1 heterocycles. The fourth-order valence-corrected chi connectivity index (χ4v) is 3.59. The highest BCUT2D eigenvalue weighted by atomic mass is 32.2. The topological polar surface area (TPSA) is 64.6 Å². The molecule has 0 aliphatic heterocycles. The normalized spacial score (nSPS) is 10.3. The van der Waals surface area contributed by atoms with E-state index < -0.39 is 18.4 Å². The van der Waals surface area contributed by atoms with Crippen LogP contribution in [0.2, 0.25) is 0 Å². The van der Waals surface area contributed by atoms with Gasteiger partial charge < -0.3 is 14.8 Å². The Morgan fingerprint density at radius 1 is 1.32 bits per heavy atom. The van der Waals surface area contributed by atoms with Crippen molar-refractivity contribution in [3.05, 3.63) is 52.0 Å². The van der Waals surface area contributed by atoms with Gasteiger partial charge in [-0.05, 0) is 29.6 Å². The van der Waals surface area contributed by atoms with E-state index in [9.17, 15) is 14.0 Å². The van der Waals surface area contributed by atoms with Gasteiger partial charge in [0, 0.05) is 22.9 Å². The number of nitrogens with one attached hydrogen (secondary N) is 1. The lowest BCUT2D eigenvalue weighted by atomic mass is 10.2. The van der Waals surface area contributed by atoms with Crippen LogP contribution >= 0.6 is 23.1 Å². The maximum Gasteiger partial charge on any atom is 0.338 e. The smallest absolute Gasteiger partial charge is 0.338 e. The lowest BCUT2D eigenvalue weighted by molar-refractivity contribution is -0.124. The van der Waals surface area contributed by atoms with Crippen molar-refractivity contribution in [2.24, 2.45) is 0 Å². The van der Waals surface area contributed by atoms with Crippen LogP contribution in [0.15, 0.2) is 35.7 Å². The predicted molar refractivity (Wildman–Crippen MR) is 96.7 cm³/mol. The first-order valence-electron chi connectivity index (χ1n) is 7.47. The van der Waals surface area contributed by atoms with Crippen molar-refractivity contribution in [3.8, 4) is 5.75 Å². The molecule has 1 N–H and O–H groups in total. The molecule has 2 rings (SSSR count). The SMILES string of the molecule is COc1ccc(C(=O)OCC(=O)NCCSCc2cccs2)cc1F. The van der Waals surface area contributed by atoms with Crippen LogP contribution in [0.25, 0.3) is 0 Å². The number of hydrogen-bond donors (Lipinski definition) is 1. The van der Waals surface area contributed by atoms with Crippen molar-refractivity contribution in [2.45, 2.75) is 5.75 Å². The first-order valence-corrected chi connectivity index (χ1v) is 9.51. The fourth-order valence-electron chi connectivity index (χ4n) is 1.89. The van der Waals surface area contributed by atoms with E-state index in [1.165, 1.54) is 24.1 Å². The maximum absolute atomic E-state index is 13.5. The van der Waals surface area contributed by atoms with Crippen molar-refractivity contribution in [1.29, 1.82) is 0 Å². The lowest BCUT2D eigenvalue weighted by Crippen LogP contribution is -2.30. The summed E-state index contributed by atoms with van der Waals surface area (Å²) < 4.78 is 23.2. The summed E-state index contributed by atoms with van der Waals surface area (Å²) in [5.41, 5.74) is 0.0256. The van der Waals surface area contributed by atoms with Crippen LogP contribution in [-0.4, -0.2) is 37.9 Å². The number of amides is 1. The highest BCUT2D eigenvalue weighted by Crippen LogP contribution is 2.18. The van der Waals surface area contributed by atoms with Gasteiger partial charge in [0.15, 0.2) is 18.2 Å². The first kappa shape index (κ1) is 19.3. The Bertz CT molecular complexity index is 707. The minimum Gasteiger partial charge on any atom is -0.494 e. The van der Waals surface area contributed by atoms with Gasteiger partial charge in [-0.1, -0.05) is 6.07 Å². The van der Waals surface area contributed by atoms with Gasteiger partial charge in [-0.15, -0.1) is 11.3 Å². The van der Waals surface area contributed by atoms with Crippen molar-refractivity contribution in [3.63, 3.8) is 0 Å². The molecule has 8 heteroatoms. The van der Waals surface area contributed by atoms with E-state index in [4.69, 9.17) is 9.47 Å². The third kappa shape index (κ3) is 6.39. The Balaban J connectivity index is 1.63. The molecule has 0 aliphatic rings. The molecule has 134 valence electrons. The van der Waals surface area contributed by atoms with Crippen LogP contribution < -0.4 is 10.1 Å². The number of thiophene rings is 1. The Morgan fingerprint density at radius 3 is 2.84 bits per heavy atom. The Hall–Kier alpha value is -2.06. The monoisotopic (exact) mass is 383 g/mol. The minimum absolute atomic E-state index is 0.0256. The number of methoxy groups -OCH3 is 1. The van der Waals surface area contributed by atoms with Gasteiger partial charge in [0.1, 0.15) is 0 Å². The first-order chi connectivity index (χ1) is 12.1. The Morgan fingerprint density at radius 2 is 2.16 bits per heavy atom. The molecule has 0 radical (unpaired) electrons. The lowest BCUT2D eigenvalue weighted by Gasteiger charge is -2.07. The van der Waals surface area contributed by atoms with E-state index in [1.807, 2.05) is 11.4 Å². The number of thioether (sulfide) groups is 1. The molecule has 1 aromatic heterocycles. The average molecular weight is 383 g/mol. The average Bonchev–Trinajstić information content (AvgIpc) is 3.12. The van der Waals surface area contributed by atoms with Gasteiger partial charge in [-0.3, -0.25) is 4.79 Å². The second kappa shape index (κ2) is 10.0. The zero-order valence-corrected chi connectivity index (χ0v) is 15.3. The third-order valence-electron chi connectivity index (χ3n) is 3.11. The standard InChI is InChI=1S/C17H18FNO4S2/c1-22-15-5-4-12(9-14(15)18)17(21)23-10-16(20)19-6-8-24-11-13-3-2-7-25-13/h2-5,7,9H,6,8,10-11H2,1H3,(H,19,20). The molecule has 0 saturated carbocycles. The van der Waals surface area contributed by atoms with Gasteiger partial charge >= 0.3 is 5.97 Å². The van der Waals surface area contributed by atoms with E-state index >= 15 is 0 Å². The minimum atomic E-state index is -0.760. The maximum atomic E-state index is 13.5. The van der Waals surface area contributed by atoms with Crippen LogP contribution in [0.1, 0.15) is 15.2 Å². The number of carbonyl (C=O) groups is 2. The summed E-state index contributed by atoms with van der Waals surface area (Å²) in [7, 11) is 1.33. The van der Waals surface area contributed by atoms with Crippen LogP contribution in [-0.2, 0) is 15.3 Å². The molecular formula is C17H18FNO4S2. The molecule has 1 aromatic carbocycles. The summed E-state index contributed by atoms with van der Waals surface area (Å²) in [6.45, 7) is 0.0890. The molecule has 25 heavy (non-hydrogen) atoms. The van der Waals surface area contributed by atoms with E-state index in [1.54, 1.807) is 23.1 Å².